The molecule has 1 N–H and O–H groups in total. The Bertz CT molecular complexity index is 818. The molecule has 0 saturated carbocycles. The van der Waals surface area contributed by atoms with Crippen molar-refractivity contribution in [1.29, 1.82) is 5.26 Å². The van der Waals surface area contributed by atoms with Crippen molar-refractivity contribution in [2.45, 2.75) is 25.2 Å². The quantitative estimate of drug-likeness (QED) is 0.791. The number of alkyl halides is 3. The van der Waals surface area contributed by atoms with Gasteiger partial charge < -0.3 is 10.2 Å². The van der Waals surface area contributed by atoms with E-state index in [0.29, 0.717) is 24.7 Å². The number of halogens is 5. The maximum atomic E-state index is 13.2. The van der Waals surface area contributed by atoms with Crippen molar-refractivity contribution in [3.63, 3.8) is 0 Å². The maximum absolute atomic E-state index is 13.2. The van der Waals surface area contributed by atoms with Crippen molar-refractivity contribution in [2.75, 3.05) is 18.0 Å². The first-order valence-electron chi connectivity index (χ1n) is 8.07. The van der Waals surface area contributed by atoms with E-state index < -0.39 is 17.6 Å². The zero-order valence-corrected chi connectivity index (χ0v) is 14.9. The lowest BCUT2D eigenvalue weighted by atomic mass is 10.1. The summed E-state index contributed by atoms with van der Waals surface area (Å²) in [5.41, 5.74) is -0.457. The molecule has 0 amide bonds. The zero-order chi connectivity index (χ0) is 18.7. The minimum atomic E-state index is -4.59. The Morgan fingerprint density at radius 1 is 1.26 bits per heavy atom. The summed E-state index contributed by atoms with van der Waals surface area (Å²) in [7, 11) is 0. The molecule has 27 heavy (non-hydrogen) atoms. The number of hydrogen-bond acceptors (Lipinski definition) is 4. The highest BCUT2D eigenvalue weighted by atomic mass is 35.5. The van der Waals surface area contributed by atoms with Crippen LogP contribution in [0.4, 0.5) is 23.4 Å². The van der Waals surface area contributed by atoms with Crippen molar-refractivity contribution in [3.8, 4) is 6.07 Å². The van der Waals surface area contributed by atoms with Crippen molar-refractivity contribution in [3.05, 3.63) is 59.0 Å². The average Bonchev–Trinajstić information content (AvgIpc) is 3.09. The fraction of sp³-hybridized carbons (Fsp3) is 0.333. The highest BCUT2D eigenvalue weighted by Gasteiger charge is 2.34. The Kier molecular flexibility index (Phi) is 6.63. The lowest BCUT2D eigenvalue weighted by molar-refractivity contribution is -0.138. The van der Waals surface area contributed by atoms with Gasteiger partial charge in [0.2, 0.25) is 0 Å². The van der Waals surface area contributed by atoms with Crippen molar-refractivity contribution >= 4 is 18.2 Å². The number of pyridine rings is 1. The van der Waals surface area contributed by atoms with Crippen LogP contribution in [0.25, 0.3) is 0 Å². The van der Waals surface area contributed by atoms with Crippen molar-refractivity contribution in [2.24, 2.45) is 0 Å². The third kappa shape index (κ3) is 5.08. The van der Waals surface area contributed by atoms with E-state index in [9.17, 15) is 17.6 Å². The van der Waals surface area contributed by atoms with Crippen LogP contribution in [0.5, 0.6) is 0 Å². The molecule has 2 aromatic rings. The second kappa shape index (κ2) is 8.55. The molecule has 0 bridgehead atoms. The standard InChI is InChI=1S/C18H16F4N4.ClH/c19-14-3-2-13(16(7-14)18(20,21)22)10-24-15-5-6-26(11-15)17-4-1-12(8-23)9-25-17;/h1-4,7,9,15,24H,5-6,10-11H2;1H/t15-;/m0./s1. The van der Waals surface area contributed by atoms with Crippen LogP contribution in [0.1, 0.15) is 23.1 Å². The summed E-state index contributed by atoms with van der Waals surface area (Å²) in [4.78, 5) is 6.23. The summed E-state index contributed by atoms with van der Waals surface area (Å²) in [6.07, 6.45) is -2.35. The molecule has 1 aliphatic rings. The lowest BCUT2D eigenvalue weighted by Gasteiger charge is -2.19. The summed E-state index contributed by atoms with van der Waals surface area (Å²) >= 11 is 0. The molecule has 4 nitrogen and oxygen atoms in total. The third-order valence-corrected chi connectivity index (χ3v) is 4.35. The lowest BCUT2D eigenvalue weighted by Crippen LogP contribution is -2.33. The second-order valence-corrected chi connectivity index (χ2v) is 6.13. The summed E-state index contributed by atoms with van der Waals surface area (Å²) in [5.74, 6) is -0.175. The number of nitriles is 1. The van der Waals surface area contributed by atoms with E-state index in [-0.39, 0.29) is 30.6 Å². The predicted molar refractivity (Wildman–Crippen MR) is 95.1 cm³/mol. The summed E-state index contributed by atoms with van der Waals surface area (Å²) in [5, 5.41) is 11.9. The zero-order valence-electron chi connectivity index (χ0n) is 14.1. The minimum absolute atomic E-state index is 0. The van der Waals surface area contributed by atoms with Gasteiger partial charge >= 0.3 is 6.18 Å². The van der Waals surface area contributed by atoms with Crippen LogP contribution in [0.2, 0.25) is 0 Å². The summed E-state index contributed by atoms with van der Waals surface area (Å²) < 4.78 is 52.3. The smallest absolute Gasteiger partial charge is 0.355 e. The van der Waals surface area contributed by atoms with Crippen molar-refractivity contribution in [1.82, 2.24) is 10.3 Å². The van der Waals surface area contributed by atoms with Crippen molar-refractivity contribution < 1.29 is 17.6 Å². The van der Waals surface area contributed by atoms with Gasteiger partial charge in [-0.3, -0.25) is 0 Å². The molecule has 0 radical (unpaired) electrons. The van der Waals surface area contributed by atoms with Gasteiger partial charge in [0, 0.05) is 31.9 Å². The first-order valence-corrected chi connectivity index (χ1v) is 8.07. The van der Waals surface area contributed by atoms with Crippen LogP contribution < -0.4 is 10.2 Å². The normalized spacial score (nSPS) is 16.7. The second-order valence-electron chi connectivity index (χ2n) is 6.13. The molecular weight excluding hydrogens is 384 g/mol. The number of nitrogens with one attached hydrogen (secondary N) is 1. The van der Waals surface area contributed by atoms with Gasteiger partial charge in [-0.25, -0.2) is 9.37 Å². The summed E-state index contributed by atoms with van der Waals surface area (Å²) in [6.45, 7) is 1.32. The predicted octanol–water partition coefficient (Wildman–Crippen LogP) is 3.90. The topological polar surface area (TPSA) is 52.0 Å². The van der Waals surface area contributed by atoms with E-state index in [1.807, 2.05) is 11.0 Å². The van der Waals surface area contributed by atoms with Crippen LogP contribution in [-0.4, -0.2) is 24.1 Å². The molecule has 1 aromatic heterocycles. The molecule has 1 fully saturated rings. The Hall–Kier alpha value is -2.37. The summed E-state index contributed by atoms with van der Waals surface area (Å²) in [6, 6.07) is 8.16. The van der Waals surface area contributed by atoms with E-state index in [1.54, 1.807) is 12.1 Å². The van der Waals surface area contributed by atoms with Gasteiger partial charge in [-0.2, -0.15) is 18.4 Å². The molecule has 144 valence electrons. The van der Waals surface area contributed by atoms with Gasteiger partial charge in [0.05, 0.1) is 11.1 Å². The number of hydrogen-bond donors (Lipinski definition) is 1. The molecule has 9 heteroatoms. The number of aromatic nitrogens is 1. The van der Waals surface area contributed by atoms with Crippen LogP contribution >= 0.6 is 12.4 Å². The molecule has 0 aliphatic carbocycles. The van der Waals surface area contributed by atoms with Gasteiger partial charge in [0.15, 0.2) is 0 Å². The van der Waals surface area contributed by atoms with Crippen LogP contribution in [0.15, 0.2) is 36.5 Å². The van der Waals surface area contributed by atoms with Crippen LogP contribution in [0, 0.1) is 17.1 Å². The molecule has 3 rings (SSSR count). The van der Waals surface area contributed by atoms with Gasteiger partial charge in [-0.05, 0) is 36.2 Å². The van der Waals surface area contributed by atoms with Gasteiger partial charge in [0.25, 0.3) is 0 Å². The van der Waals surface area contributed by atoms with Crippen LogP contribution in [0.3, 0.4) is 0 Å². The van der Waals surface area contributed by atoms with E-state index >= 15 is 0 Å². The van der Waals surface area contributed by atoms with Gasteiger partial charge in [-0.15, -0.1) is 12.4 Å². The largest absolute Gasteiger partial charge is 0.416 e. The highest BCUT2D eigenvalue weighted by Crippen LogP contribution is 2.32. The molecular formula is C18H17ClF4N4. The molecule has 1 aromatic carbocycles. The Balaban J connectivity index is 0.00000261. The molecule has 1 saturated heterocycles. The van der Waals surface area contributed by atoms with Crippen LogP contribution in [-0.2, 0) is 12.7 Å². The SMILES string of the molecule is Cl.N#Cc1ccc(N2CC[C@H](NCc3ccc(F)cc3C(F)(F)F)C2)nc1. The fourth-order valence-electron chi connectivity index (χ4n) is 3.00. The Morgan fingerprint density at radius 3 is 2.67 bits per heavy atom. The first kappa shape index (κ1) is 20.9. The Morgan fingerprint density at radius 2 is 2.04 bits per heavy atom. The van der Waals surface area contributed by atoms with E-state index in [1.165, 1.54) is 12.3 Å². The minimum Gasteiger partial charge on any atom is -0.355 e. The van der Waals surface area contributed by atoms with E-state index in [0.717, 1.165) is 18.3 Å². The van der Waals surface area contributed by atoms with Gasteiger partial charge in [-0.1, -0.05) is 6.07 Å². The first-order chi connectivity index (χ1) is 12.4. The average molecular weight is 401 g/mol. The fourth-order valence-corrected chi connectivity index (χ4v) is 3.00. The number of rotatable bonds is 4. The number of nitrogens with zero attached hydrogens (tertiary/aromatic N) is 3. The van der Waals surface area contributed by atoms with E-state index in [2.05, 4.69) is 10.3 Å². The maximum Gasteiger partial charge on any atom is 0.416 e. The molecule has 1 aliphatic heterocycles. The third-order valence-electron chi connectivity index (χ3n) is 4.35. The molecule has 1 atom stereocenters. The number of anilines is 1. The molecule has 2 heterocycles. The monoisotopic (exact) mass is 400 g/mol. The molecule has 0 spiro atoms. The number of benzene rings is 1. The Labute approximate surface area is 160 Å². The molecule has 0 unspecified atom stereocenters. The van der Waals surface area contributed by atoms with Gasteiger partial charge in [0.1, 0.15) is 17.7 Å². The van der Waals surface area contributed by atoms with E-state index in [4.69, 9.17) is 5.26 Å². The highest BCUT2D eigenvalue weighted by molar-refractivity contribution is 5.85.